The molecule has 0 spiro atoms. The molecule has 2 nitrogen and oxygen atoms in total. The van der Waals surface area contributed by atoms with E-state index < -0.39 is 5.16 Å². The van der Waals surface area contributed by atoms with Crippen LogP contribution >= 0.6 is 0 Å². The first-order valence-electron chi connectivity index (χ1n) is 13.4. The quantitative estimate of drug-likeness (QED) is 0.239. The lowest BCUT2D eigenvalue weighted by molar-refractivity contribution is 0.596. The molecule has 0 atom stereocenters. The van der Waals surface area contributed by atoms with Crippen LogP contribution < -0.4 is 16.1 Å². The van der Waals surface area contributed by atoms with Gasteiger partial charge in [0.05, 0.1) is 11.5 Å². The van der Waals surface area contributed by atoms with E-state index in [2.05, 4.69) is 101 Å². The highest BCUT2D eigenvalue weighted by atomic mass is 28.2. The van der Waals surface area contributed by atoms with Crippen molar-refractivity contribution >= 4 is 32.3 Å². The van der Waals surface area contributed by atoms with E-state index in [1.54, 1.807) is 18.3 Å². The molecule has 0 bridgehead atoms. The summed E-state index contributed by atoms with van der Waals surface area (Å²) in [5, 5.41) is 0.485. The SMILES string of the molecule is CB(c1ccccc1)c1ccccc1.Fc1cccc([Si]C(c2ccccc2)(c2ccccc2)n2ccnc2)c1. The normalized spacial score (nSPS) is 10.8. The smallest absolute Gasteiger partial charge is 0.206 e. The Kier molecular flexibility index (Phi) is 8.84. The highest BCUT2D eigenvalue weighted by molar-refractivity contribution is 6.84. The highest BCUT2D eigenvalue weighted by Crippen LogP contribution is 2.33. The molecule has 2 radical (unpaired) electrons. The molecular weight excluding hydrogens is 506 g/mol. The number of halogens is 1. The second-order valence-electron chi connectivity index (χ2n) is 9.59. The van der Waals surface area contributed by atoms with Gasteiger partial charge in [-0.25, -0.2) is 9.37 Å². The molecule has 0 N–H and O–H groups in total. The molecule has 1 heterocycles. The maximum absolute atomic E-state index is 13.9. The number of aromatic nitrogens is 2. The van der Waals surface area contributed by atoms with Crippen molar-refractivity contribution in [3.05, 3.63) is 181 Å². The van der Waals surface area contributed by atoms with Gasteiger partial charge in [0.1, 0.15) is 15.3 Å². The molecule has 0 saturated carbocycles. The maximum atomic E-state index is 13.9. The molecule has 40 heavy (non-hydrogen) atoms. The van der Waals surface area contributed by atoms with Crippen molar-refractivity contribution in [1.82, 2.24) is 9.55 Å². The van der Waals surface area contributed by atoms with Crippen molar-refractivity contribution in [2.24, 2.45) is 0 Å². The predicted octanol–water partition coefficient (Wildman–Crippen LogP) is 5.73. The molecule has 5 heteroatoms. The lowest BCUT2D eigenvalue weighted by Gasteiger charge is -2.36. The van der Waals surface area contributed by atoms with Gasteiger partial charge in [0.2, 0.25) is 6.71 Å². The molecule has 1 aromatic heterocycles. The minimum absolute atomic E-state index is 0.212. The number of benzene rings is 5. The molecule has 5 aromatic carbocycles. The van der Waals surface area contributed by atoms with Crippen LogP contribution in [0.2, 0.25) is 6.82 Å². The summed E-state index contributed by atoms with van der Waals surface area (Å²) < 4.78 is 16.0. The summed E-state index contributed by atoms with van der Waals surface area (Å²) >= 11 is 0. The van der Waals surface area contributed by atoms with Crippen LogP contribution in [0.5, 0.6) is 0 Å². The van der Waals surface area contributed by atoms with Crippen molar-refractivity contribution in [1.29, 1.82) is 0 Å². The van der Waals surface area contributed by atoms with Crippen LogP contribution in [-0.4, -0.2) is 25.8 Å². The van der Waals surface area contributed by atoms with Gasteiger partial charge in [0.15, 0.2) is 0 Å². The number of hydrogen-bond donors (Lipinski definition) is 0. The standard InChI is InChI=1S/C22H17FN2Si.C13H13B/c23-20-12-7-13-21(16-20)26-22(25-15-14-24-17-25,18-8-3-1-4-9-18)19-10-5-2-6-11-19;1-14(12-8-4-2-5-9-12)13-10-6-3-7-11-13/h1-17H;2-11H,1H3. The van der Waals surface area contributed by atoms with Crippen LogP contribution in [0.15, 0.2) is 164 Å². The first-order valence-corrected chi connectivity index (χ1v) is 14.4. The Labute approximate surface area is 239 Å². The van der Waals surface area contributed by atoms with Gasteiger partial charge in [0.25, 0.3) is 0 Å². The van der Waals surface area contributed by atoms with Crippen LogP contribution in [0.25, 0.3) is 0 Å². The van der Waals surface area contributed by atoms with Crippen LogP contribution in [0.3, 0.4) is 0 Å². The average Bonchev–Trinajstić information content (AvgIpc) is 3.57. The average molecular weight is 537 g/mol. The Bertz CT molecular complexity index is 1500. The monoisotopic (exact) mass is 536 g/mol. The summed E-state index contributed by atoms with van der Waals surface area (Å²) in [6, 6.07) is 48.7. The number of nitrogens with zero attached hydrogens (tertiary/aromatic N) is 2. The zero-order valence-corrected chi connectivity index (χ0v) is 23.4. The number of imidazole rings is 1. The van der Waals surface area contributed by atoms with Crippen molar-refractivity contribution in [2.75, 3.05) is 0 Å². The minimum atomic E-state index is -0.479. The van der Waals surface area contributed by atoms with Crippen LogP contribution in [0, 0.1) is 5.82 Å². The van der Waals surface area contributed by atoms with E-state index >= 15 is 0 Å². The Hall–Kier alpha value is -4.48. The van der Waals surface area contributed by atoms with Gasteiger partial charge < -0.3 is 4.57 Å². The summed E-state index contributed by atoms with van der Waals surface area (Å²) in [6.07, 6.45) is 5.61. The van der Waals surface area contributed by atoms with Gasteiger partial charge in [0, 0.05) is 12.4 Å². The van der Waals surface area contributed by atoms with E-state index in [1.807, 2.05) is 55.0 Å². The molecule has 6 rings (SSSR count). The summed E-state index contributed by atoms with van der Waals surface area (Å²) in [5.74, 6) is -0.212. The van der Waals surface area contributed by atoms with Gasteiger partial charge >= 0.3 is 0 Å². The first kappa shape index (κ1) is 27.1. The molecule has 6 aromatic rings. The molecular formula is C35H30BFN2Si. The Morgan fingerprint density at radius 2 is 1.15 bits per heavy atom. The molecule has 0 saturated heterocycles. The van der Waals surface area contributed by atoms with Gasteiger partial charge in [-0.2, -0.15) is 0 Å². The molecule has 0 fully saturated rings. The molecule has 0 aliphatic carbocycles. The van der Waals surface area contributed by atoms with Gasteiger partial charge in [-0.05, 0) is 23.3 Å². The van der Waals surface area contributed by atoms with Crippen molar-refractivity contribution < 1.29 is 4.39 Å². The maximum Gasteiger partial charge on any atom is 0.206 e. The Morgan fingerprint density at radius 1 is 0.650 bits per heavy atom. The topological polar surface area (TPSA) is 17.8 Å². The van der Waals surface area contributed by atoms with E-state index in [4.69, 9.17) is 0 Å². The van der Waals surface area contributed by atoms with E-state index in [-0.39, 0.29) is 5.82 Å². The molecule has 0 unspecified atom stereocenters. The fourth-order valence-corrected chi connectivity index (χ4v) is 6.63. The summed E-state index contributed by atoms with van der Waals surface area (Å²) in [6.45, 7) is 2.72. The molecule has 0 aliphatic heterocycles. The fraction of sp³-hybridized carbons (Fsp3) is 0.0571. The lowest BCUT2D eigenvalue weighted by Crippen LogP contribution is -2.46. The van der Waals surface area contributed by atoms with E-state index in [0.717, 1.165) is 16.3 Å². The van der Waals surface area contributed by atoms with Crippen molar-refractivity contribution in [3.63, 3.8) is 0 Å². The fourth-order valence-electron chi connectivity index (χ4n) is 4.94. The van der Waals surface area contributed by atoms with Gasteiger partial charge in [-0.3, -0.25) is 0 Å². The van der Waals surface area contributed by atoms with E-state index in [1.165, 1.54) is 17.0 Å². The highest BCUT2D eigenvalue weighted by Gasteiger charge is 2.37. The Balaban J connectivity index is 0.000000194. The van der Waals surface area contributed by atoms with Crippen LogP contribution in [0.4, 0.5) is 4.39 Å². The largest absolute Gasteiger partial charge is 0.326 e. The van der Waals surface area contributed by atoms with Crippen molar-refractivity contribution in [2.45, 2.75) is 12.0 Å². The molecule has 0 aliphatic rings. The summed E-state index contributed by atoms with van der Waals surface area (Å²) in [7, 11) is 0.295. The molecule has 194 valence electrons. The first-order chi connectivity index (χ1) is 19.7. The second kappa shape index (κ2) is 13.0. The number of hydrogen-bond acceptors (Lipinski definition) is 1. The van der Waals surface area contributed by atoms with Gasteiger partial charge in [-0.1, -0.05) is 156 Å². The van der Waals surface area contributed by atoms with Crippen LogP contribution in [0.1, 0.15) is 11.1 Å². The minimum Gasteiger partial charge on any atom is -0.326 e. The third-order valence-electron chi connectivity index (χ3n) is 7.02. The third-order valence-corrected chi connectivity index (χ3v) is 8.82. The lowest BCUT2D eigenvalue weighted by atomic mass is 9.43. The second-order valence-corrected chi connectivity index (χ2v) is 11.1. The molecule has 0 amide bonds. The van der Waals surface area contributed by atoms with E-state index in [9.17, 15) is 4.39 Å². The van der Waals surface area contributed by atoms with Gasteiger partial charge in [-0.15, -0.1) is 0 Å². The summed E-state index contributed by atoms with van der Waals surface area (Å²) in [4.78, 5) is 4.29. The summed E-state index contributed by atoms with van der Waals surface area (Å²) in [5.41, 5.74) is 5.04. The number of rotatable bonds is 7. The zero-order chi connectivity index (χ0) is 27.6. The Morgan fingerprint density at radius 3 is 1.60 bits per heavy atom. The predicted molar refractivity (Wildman–Crippen MR) is 167 cm³/mol. The van der Waals surface area contributed by atoms with Crippen molar-refractivity contribution in [3.8, 4) is 0 Å². The third kappa shape index (κ3) is 6.22. The van der Waals surface area contributed by atoms with E-state index in [0.29, 0.717) is 16.2 Å². The zero-order valence-electron chi connectivity index (χ0n) is 22.4. The van der Waals surface area contributed by atoms with Crippen LogP contribution in [-0.2, 0) is 5.16 Å².